The minimum Gasteiger partial charge on any atom is -0.324 e. The van der Waals surface area contributed by atoms with E-state index in [4.69, 9.17) is 17.3 Å². The zero-order valence-electron chi connectivity index (χ0n) is 9.15. The minimum atomic E-state index is 0.0395. The topological polar surface area (TPSA) is 43.3 Å². The van der Waals surface area contributed by atoms with Gasteiger partial charge in [0, 0.05) is 18.2 Å². The molecule has 2 N–H and O–H groups in total. The number of imidazole rings is 1. The molecule has 1 unspecified atom stereocenters. The Morgan fingerprint density at radius 3 is 2.88 bits per heavy atom. The van der Waals surface area contributed by atoms with Crippen molar-refractivity contribution in [3.63, 3.8) is 0 Å². The zero-order valence-corrected chi connectivity index (χ0v) is 9.91. The van der Waals surface area contributed by atoms with Crippen LogP contribution < -0.4 is 5.73 Å². The van der Waals surface area contributed by atoms with Crippen LogP contribution in [0.5, 0.6) is 0 Å². The Morgan fingerprint density at radius 2 is 2.25 bits per heavy atom. The van der Waals surface area contributed by atoms with Gasteiger partial charge in [0.1, 0.15) is 5.82 Å². The van der Waals surface area contributed by atoms with E-state index < -0.39 is 0 Å². The number of nitrogens with two attached hydrogens (primary N) is 1. The predicted molar refractivity (Wildman–Crippen MR) is 64.8 cm³/mol. The Bertz CT molecular complexity index is 540. The van der Waals surface area contributed by atoms with Crippen LogP contribution in [-0.2, 0) is 0 Å². The van der Waals surface area contributed by atoms with E-state index in [1.165, 1.54) is 12.8 Å². The molecular weight excluding hydrogens is 222 g/mol. The van der Waals surface area contributed by atoms with E-state index in [0.29, 0.717) is 11.1 Å². The second-order valence-corrected chi connectivity index (χ2v) is 4.90. The van der Waals surface area contributed by atoms with Crippen LogP contribution in [-0.4, -0.2) is 9.38 Å². The molecule has 3 nitrogen and oxygen atoms in total. The monoisotopic (exact) mass is 235 g/mol. The van der Waals surface area contributed by atoms with E-state index >= 15 is 0 Å². The fraction of sp³-hybridized carbons (Fsp3) is 0.417. The molecule has 0 radical (unpaired) electrons. The van der Waals surface area contributed by atoms with Gasteiger partial charge in [0.2, 0.25) is 0 Å². The maximum absolute atomic E-state index is 6.12. The molecule has 16 heavy (non-hydrogen) atoms. The number of halogens is 1. The molecule has 1 saturated carbocycles. The van der Waals surface area contributed by atoms with Crippen LogP contribution in [0.25, 0.3) is 5.52 Å². The highest BCUT2D eigenvalue weighted by atomic mass is 35.5. The third-order valence-electron chi connectivity index (χ3n) is 3.11. The van der Waals surface area contributed by atoms with Crippen molar-refractivity contribution in [3.05, 3.63) is 34.9 Å². The normalized spacial score (nSPS) is 17.9. The number of nitrogens with zero attached hydrogens (tertiary/aromatic N) is 2. The Hall–Kier alpha value is -1.06. The lowest BCUT2D eigenvalue weighted by atomic mass is 10.1. The summed E-state index contributed by atoms with van der Waals surface area (Å²) in [5.41, 5.74) is 7.98. The Balaban J connectivity index is 2.22. The summed E-state index contributed by atoms with van der Waals surface area (Å²) in [6.07, 6.45) is 4.50. The lowest BCUT2D eigenvalue weighted by Crippen LogP contribution is -2.06. The molecule has 3 rings (SSSR count). The Kier molecular flexibility index (Phi) is 2.19. The molecule has 0 amide bonds. The van der Waals surface area contributed by atoms with Crippen LogP contribution in [0.3, 0.4) is 0 Å². The third kappa shape index (κ3) is 1.51. The summed E-state index contributed by atoms with van der Waals surface area (Å²) in [5.74, 6) is 1.67. The average Bonchev–Trinajstić information content (AvgIpc) is 3.04. The average molecular weight is 236 g/mol. The first-order valence-electron chi connectivity index (χ1n) is 5.60. The van der Waals surface area contributed by atoms with Crippen molar-refractivity contribution in [2.75, 3.05) is 0 Å². The van der Waals surface area contributed by atoms with Crippen molar-refractivity contribution in [3.8, 4) is 0 Å². The largest absolute Gasteiger partial charge is 0.324 e. The fourth-order valence-electron chi connectivity index (χ4n) is 1.99. The van der Waals surface area contributed by atoms with Crippen LogP contribution in [0, 0.1) is 0 Å². The van der Waals surface area contributed by atoms with Gasteiger partial charge < -0.3 is 10.1 Å². The summed E-state index contributed by atoms with van der Waals surface area (Å²) in [6, 6.07) is 4.06. The van der Waals surface area contributed by atoms with Gasteiger partial charge in [-0.2, -0.15) is 0 Å². The molecule has 1 fully saturated rings. The molecule has 0 bridgehead atoms. The maximum Gasteiger partial charge on any atom is 0.155 e. The first-order valence-corrected chi connectivity index (χ1v) is 5.97. The van der Waals surface area contributed by atoms with Gasteiger partial charge in [-0.25, -0.2) is 4.98 Å². The van der Waals surface area contributed by atoms with Gasteiger partial charge in [0.05, 0.1) is 5.52 Å². The summed E-state index contributed by atoms with van der Waals surface area (Å²) in [4.78, 5) is 4.44. The van der Waals surface area contributed by atoms with Gasteiger partial charge >= 0.3 is 0 Å². The number of hydrogen-bond acceptors (Lipinski definition) is 2. The molecule has 2 heterocycles. The lowest BCUT2D eigenvalue weighted by molar-refractivity contribution is 0.801. The molecule has 0 aromatic carbocycles. The highest BCUT2D eigenvalue weighted by Gasteiger charge is 2.29. The fourth-order valence-corrected chi connectivity index (χ4v) is 2.23. The van der Waals surface area contributed by atoms with Crippen molar-refractivity contribution in [1.82, 2.24) is 9.38 Å². The molecule has 2 aromatic rings. The summed E-state index contributed by atoms with van der Waals surface area (Å²) in [7, 11) is 0. The van der Waals surface area contributed by atoms with E-state index in [9.17, 15) is 0 Å². The summed E-state index contributed by atoms with van der Waals surface area (Å²) in [5, 5.41) is 0.595. The molecule has 2 aromatic heterocycles. The molecule has 1 aliphatic carbocycles. The van der Waals surface area contributed by atoms with E-state index in [2.05, 4.69) is 15.6 Å². The molecule has 0 spiro atoms. The van der Waals surface area contributed by atoms with Crippen molar-refractivity contribution < 1.29 is 0 Å². The van der Waals surface area contributed by atoms with E-state index in [-0.39, 0.29) is 6.04 Å². The van der Waals surface area contributed by atoms with Crippen LogP contribution in [0.4, 0.5) is 0 Å². The number of hydrogen-bond donors (Lipinski definition) is 1. The zero-order chi connectivity index (χ0) is 11.3. The van der Waals surface area contributed by atoms with Crippen LogP contribution >= 0.6 is 11.6 Å². The summed E-state index contributed by atoms with van der Waals surface area (Å²) >= 11 is 6.12. The number of rotatable bonds is 2. The standard InChI is InChI=1S/C12H14ClN3/c1-7(14)9-4-5-10-11(13)15-12(8-2-3-8)16(10)6-9/h4-8H,2-3,14H2,1H3. The molecule has 0 aliphatic heterocycles. The van der Waals surface area contributed by atoms with Gasteiger partial charge in [-0.15, -0.1) is 0 Å². The second-order valence-electron chi connectivity index (χ2n) is 4.54. The SMILES string of the molecule is CC(N)c1ccc2c(Cl)nc(C3CC3)n2c1. The third-order valence-corrected chi connectivity index (χ3v) is 3.39. The van der Waals surface area contributed by atoms with Crippen LogP contribution in [0.1, 0.15) is 43.1 Å². The highest BCUT2D eigenvalue weighted by molar-refractivity contribution is 6.32. The Labute approximate surface area is 99.2 Å². The molecular formula is C12H14ClN3. The molecule has 84 valence electrons. The van der Waals surface area contributed by atoms with Crippen molar-refractivity contribution >= 4 is 17.1 Å². The van der Waals surface area contributed by atoms with Gasteiger partial charge in [-0.05, 0) is 31.4 Å². The molecule has 0 saturated heterocycles. The Morgan fingerprint density at radius 1 is 1.50 bits per heavy atom. The summed E-state index contributed by atoms with van der Waals surface area (Å²) < 4.78 is 2.10. The number of aromatic nitrogens is 2. The number of pyridine rings is 1. The van der Waals surface area contributed by atoms with Gasteiger partial charge in [-0.1, -0.05) is 17.7 Å². The van der Waals surface area contributed by atoms with E-state index in [0.717, 1.165) is 16.9 Å². The van der Waals surface area contributed by atoms with E-state index in [1.54, 1.807) is 0 Å². The molecule has 4 heteroatoms. The van der Waals surface area contributed by atoms with Crippen molar-refractivity contribution in [2.45, 2.75) is 31.7 Å². The van der Waals surface area contributed by atoms with Crippen molar-refractivity contribution in [1.29, 1.82) is 0 Å². The maximum atomic E-state index is 6.12. The van der Waals surface area contributed by atoms with E-state index in [1.807, 2.05) is 19.1 Å². The number of fused-ring (bicyclic) bond motifs is 1. The highest BCUT2D eigenvalue weighted by Crippen LogP contribution is 2.40. The molecule has 1 atom stereocenters. The second kappa shape index (κ2) is 3.47. The minimum absolute atomic E-state index is 0.0395. The van der Waals surface area contributed by atoms with Crippen LogP contribution in [0.2, 0.25) is 5.15 Å². The quantitative estimate of drug-likeness (QED) is 0.870. The summed E-state index contributed by atoms with van der Waals surface area (Å²) in [6.45, 7) is 1.98. The first-order chi connectivity index (χ1) is 7.66. The van der Waals surface area contributed by atoms with Gasteiger partial charge in [-0.3, -0.25) is 0 Å². The van der Waals surface area contributed by atoms with Crippen LogP contribution in [0.15, 0.2) is 18.3 Å². The van der Waals surface area contributed by atoms with Gasteiger partial charge in [0.25, 0.3) is 0 Å². The lowest BCUT2D eigenvalue weighted by Gasteiger charge is -2.07. The smallest absolute Gasteiger partial charge is 0.155 e. The predicted octanol–water partition coefficient (Wildman–Crippen LogP) is 2.88. The first kappa shape index (κ1) is 10.1. The van der Waals surface area contributed by atoms with Crippen molar-refractivity contribution in [2.24, 2.45) is 5.73 Å². The van der Waals surface area contributed by atoms with Gasteiger partial charge in [0.15, 0.2) is 5.15 Å². The molecule has 1 aliphatic rings.